The Kier molecular flexibility index (Phi) is 4.25. The van der Waals surface area contributed by atoms with Gasteiger partial charge in [0.2, 0.25) is 0 Å². The highest BCUT2D eigenvalue weighted by atomic mass is 16.1. The summed E-state index contributed by atoms with van der Waals surface area (Å²) in [4.78, 5) is 12.0. The van der Waals surface area contributed by atoms with Gasteiger partial charge < -0.3 is 0 Å². The lowest BCUT2D eigenvalue weighted by Crippen LogP contribution is -2.52. The van der Waals surface area contributed by atoms with Crippen molar-refractivity contribution in [2.75, 3.05) is 0 Å². The molecule has 0 aromatic heterocycles. The Morgan fingerprint density at radius 1 is 1.00 bits per heavy atom. The predicted octanol–water partition coefficient (Wildman–Crippen LogP) is 6.71. The molecule has 140 valence electrons. The van der Waals surface area contributed by atoms with Crippen LogP contribution in [0.15, 0.2) is 11.6 Å². The van der Waals surface area contributed by atoms with E-state index in [4.69, 9.17) is 0 Å². The monoisotopic (exact) mass is 342 g/mol. The third-order valence-electron chi connectivity index (χ3n) is 9.82. The fourth-order valence-corrected chi connectivity index (χ4v) is 7.90. The highest BCUT2D eigenvalue weighted by Gasteiger charge is 2.62. The van der Waals surface area contributed by atoms with E-state index < -0.39 is 0 Å². The molecule has 0 heterocycles. The number of carbonyl (C=O) groups is 1. The van der Waals surface area contributed by atoms with E-state index in [1.807, 2.05) is 6.08 Å². The quantitative estimate of drug-likeness (QED) is 0.556. The topological polar surface area (TPSA) is 17.1 Å². The second-order valence-electron chi connectivity index (χ2n) is 10.6. The minimum Gasteiger partial charge on any atom is -0.295 e. The molecule has 3 saturated carbocycles. The maximum Gasteiger partial charge on any atom is 0.155 e. The van der Waals surface area contributed by atoms with Crippen LogP contribution in [0.5, 0.6) is 0 Å². The van der Waals surface area contributed by atoms with Crippen LogP contribution in [0.4, 0.5) is 0 Å². The van der Waals surface area contributed by atoms with Crippen LogP contribution in [0, 0.1) is 34.0 Å². The molecule has 0 saturated heterocycles. The summed E-state index contributed by atoms with van der Waals surface area (Å²) in [6.07, 6.45) is 16.4. The third kappa shape index (κ3) is 2.43. The molecule has 1 unspecified atom stereocenters. The number of carbonyl (C=O) groups excluding carboxylic acids is 1. The van der Waals surface area contributed by atoms with Gasteiger partial charge in [0.1, 0.15) is 0 Å². The fourth-order valence-electron chi connectivity index (χ4n) is 7.90. The standard InChI is InChI=1S/C24H38O/c1-5-6-12-22(2)13-10-21-19-8-7-17-16-18(25)9-14-23(17,3)20(19)11-15-24(21,22)4/h16,19-21H,5-15H2,1-4H3/t19?,20-,21-,22-,23-,24-/m0/s1. The summed E-state index contributed by atoms with van der Waals surface area (Å²) < 4.78 is 0. The molecule has 1 heteroatoms. The number of unbranched alkanes of at least 4 members (excludes halogenated alkanes) is 1. The van der Waals surface area contributed by atoms with Crippen molar-refractivity contribution in [1.82, 2.24) is 0 Å². The number of hydrogen-bond acceptors (Lipinski definition) is 1. The Balaban J connectivity index is 1.62. The Bertz CT molecular complexity index is 589. The smallest absolute Gasteiger partial charge is 0.155 e. The molecule has 6 atom stereocenters. The Hall–Kier alpha value is -0.590. The van der Waals surface area contributed by atoms with Gasteiger partial charge in [0.25, 0.3) is 0 Å². The molecular weight excluding hydrogens is 304 g/mol. The summed E-state index contributed by atoms with van der Waals surface area (Å²) in [5.41, 5.74) is 2.98. The van der Waals surface area contributed by atoms with Crippen LogP contribution in [0.25, 0.3) is 0 Å². The van der Waals surface area contributed by atoms with Crippen LogP contribution < -0.4 is 0 Å². The molecule has 1 nitrogen and oxygen atoms in total. The van der Waals surface area contributed by atoms with E-state index in [2.05, 4.69) is 27.7 Å². The SMILES string of the molecule is CCCC[C@@]1(C)CC[C@H]2C3CCC4=CC(=O)CC[C@]4(C)[C@H]3CC[C@@]21C. The van der Waals surface area contributed by atoms with Gasteiger partial charge in [-0.15, -0.1) is 0 Å². The number of ketones is 1. The lowest BCUT2D eigenvalue weighted by molar-refractivity contribution is -0.118. The summed E-state index contributed by atoms with van der Waals surface area (Å²) in [6, 6.07) is 0. The molecule has 4 aliphatic carbocycles. The van der Waals surface area contributed by atoms with Crippen molar-refractivity contribution in [3.8, 4) is 0 Å². The van der Waals surface area contributed by atoms with Gasteiger partial charge in [0, 0.05) is 6.42 Å². The maximum absolute atomic E-state index is 12.0. The maximum atomic E-state index is 12.0. The van der Waals surface area contributed by atoms with Gasteiger partial charge in [-0.25, -0.2) is 0 Å². The molecule has 0 amide bonds. The Labute approximate surface area is 155 Å². The summed E-state index contributed by atoms with van der Waals surface area (Å²) in [5, 5.41) is 0. The highest BCUT2D eigenvalue weighted by Crippen LogP contribution is 2.70. The van der Waals surface area contributed by atoms with Crippen LogP contribution in [0.2, 0.25) is 0 Å². The van der Waals surface area contributed by atoms with Crippen LogP contribution in [0.3, 0.4) is 0 Å². The van der Waals surface area contributed by atoms with Gasteiger partial charge in [0.15, 0.2) is 5.78 Å². The lowest BCUT2D eigenvalue weighted by atomic mass is 9.45. The van der Waals surface area contributed by atoms with Gasteiger partial charge in [-0.05, 0) is 91.4 Å². The zero-order chi connectivity index (χ0) is 17.9. The first kappa shape index (κ1) is 17.8. The van der Waals surface area contributed by atoms with Crippen LogP contribution in [0.1, 0.15) is 98.3 Å². The molecule has 0 aromatic carbocycles. The number of allylic oxidation sites excluding steroid dienone is 1. The van der Waals surface area contributed by atoms with E-state index in [1.54, 1.807) is 0 Å². The van der Waals surface area contributed by atoms with E-state index in [-0.39, 0.29) is 0 Å². The molecule has 0 radical (unpaired) electrons. The first-order valence-corrected chi connectivity index (χ1v) is 11.1. The van der Waals surface area contributed by atoms with E-state index in [9.17, 15) is 4.79 Å². The van der Waals surface area contributed by atoms with Crippen molar-refractivity contribution < 1.29 is 4.79 Å². The molecule has 4 rings (SSSR count). The number of hydrogen-bond donors (Lipinski definition) is 0. The first-order valence-electron chi connectivity index (χ1n) is 11.1. The molecule has 3 fully saturated rings. The van der Waals surface area contributed by atoms with Crippen molar-refractivity contribution in [2.45, 2.75) is 98.3 Å². The minimum atomic E-state index is 0.334. The van der Waals surface area contributed by atoms with Crippen LogP contribution in [-0.2, 0) is 4.79 Å². The van der Waals surface area contributed by atoms with Gasteiger partial charge in [0.05, 0.1) is 0 Å². The average molecular weight is 343 g/mol. The second kappa shape index (κ2) is 5.96. The van der Waals surface area contributed by atoms with Crippen molar-refractivity contribution in [3.63, 3.8) is 0 Å². The van der Waals surface area contributed by atoms with Gasteiger partial charge in [-0.1, -0.05) is 46.1 Å². The molecule has 25 heavy (non-hydrogen) atoms. The normalized spacial score (nSPS) is 49.2. The predicted molar refractivity (Wildman–Crippen MR) is 104 cm³/mol. The van der Waals surface area contributed by atoms with Crippen LogP contribution in [-0.4, -0.2) is 5.78 Å². The van der Waals surface area contributed by atoms with Gasteiger partial charge in [-0.2, -0.15) is 0 Å². The van der Waals surface area contributed by atoms with Gasteiger partial charge in [-0.3, -0.25) is 4.79 Å². The molecule has 4 aliphatic rings. The third-order valence-corrected chi connectivity index (χ3v) is 9.82. The summed E-state index contributed by atoms with van der Waals surface area (Å²) in [5.74, 6) is 3.08. The second-order valence-corrected chi connectivity index (χ2v) is 10.6. The first-order chi connectivity index (χ1) is 11.8. The molecule has 0 N–H and O–H groups in total. The van der Waals surface area contributed by atoms with Crippen molar-refractivity contribution in [3.05, 3.63) is 11.6 Å². The fraction of sp³-hybridized carbons (Fsp3) is 0.875. The van der Waals surface area contributed by atoms with E-state index >= 15 is 0 Å². The number of rotatable bonds is 3. The molecule has 0 aromatic rings. The summed E-state index contributed by atoms with van der Waals surface area (Å²) in [7, 11) is 0. The Morgan fingerprint density at radius 3 is 2.52 bits per heavy atom. The van der Waals surface area contributed by atoms with Crippen LogP contribution >= 0.6 is 0 Å². The zero-order valence-electron chi connectivity index (χ0n) is 17.0. The van der Waals surface area contributed by atoms with Crippen molar-refractivity contribution in [1.29, 1.82) is 0 Å². The largest absolute Gasteiger partial charge is 0.295 e. The molecule has 0 aliphatic heterocycles. The minimum absolute atomic E-state index is 0.334. The molecule has 0 spiro atoms. The van der Waals surface area contributed by atoms with E-state index in [0.29, 0.717) is 22.0 Å². The number of fused-ring (bicyclic) bond motifs is 5. The van der Waals surface area contributed by atoms with Crippen molar-refractivity contribution in [2.24, 2.45) is 34.0 Å². The van der Waals surface area contributed by atoms with E-state index in [0.717, 1.165) is 30.6 Å². The van der Waals surface area contributed by atoms with E-state index in [1.165, 1.54) is 63.4 Å². The zero-order valence-corrected chi connectivity index (χ0v) is 17.0. The summed E-state index contributed by atoms with van der Waals surface area (Å²) in [6.45, 7) is 10.1. The van der Waals surface area contributed by atoms with Gasteiger partial charge >= 0.3 is 0 Å². The molecular formula is C24H38O. The van der Waals surface area contributed by atoms with Crippen molar-refractivity contribution >= 4 is 5.78 Å². The summed E-state index contributed by atoms with van der Waals surface area (Å²) >= 11 is 0. The molecule has 0 bridgehead atoms. The lowest BCUT2D eigenvalue weighted by Gasteiger charge is -2.59. The average Bonchev–Trinajstić information content (AvgIpc) is 2.85. The Morgan fingerprint density at radius 2 is 1.76 bits per heavy atom. The highest BCUT2D eigenvalue weighted by molar-refractivity contribution is 5.91.